The summed E-state index contributed by atoms with van der Waals surface area (Å²) in [6.45, 7) is 1.94. The monoisotopic (exact) mass is 405 g/mol. The highest BCUT2D eigenvalue weighted by molar-refractivity contribution is 7.99. The summed E-state index contributed by atoms with van der Waals surface area (Å²) >= 11 is 1.62. The molecule has 0 aliphatic heterocycles. The quantitative estimate of drug-likeness (QED) is 0.225. The fourth-order valence-electron chi connectivity index (χ4n) is 2.56. The smallest absolute Gasteiger partial charge is 0.493 e. The molecule has 0 aliphatic rings. The van der Waals surface area contributed by atoms with E-state index in [1.54, 1.807) is 39.2 Å². The summed E-state index contributed by atoms with van der Waals surface area (Å²) in [5, 5.41) is 11.3. The summed E-state index contributed by atoms with van der Waals surface area (Å²) in [4.78, 5) is 11.0. The van der Waals surface area contributed by atoms with Gasteiger partial charge in [0.25, 0.3) is 5.69 Å². The third kappa shape index (κ3) is 5.58. The van der Waals surface area contributed by atoms with E-state index in [1.165, 1.54) is 20.3 Å². The molecule has 1 rings (SSSR count). The lowest BCUT2D eigenvalue weighted by atomic mass is 10.1. The Balaban J connectivity index is 2.83. The van der Waals surface area contributed by atoms with Gasteiger partial charge in [0.2, 0.25) is 0 Å². The molecule has 0 aromatic heterocycles. The summed E-state index contributed by atoms with van der Waals surface area (Å²) in [5.41, 5.74) is 0.628. The van der Waals surface area contributed by atoms with Gasteiger partial charge in [-0.1, -0.05) is 0 Å². The van der Waals surface area contributed by atoms with Crippen molar-refractivity contribution in [3.8, 4) is 11.5 Å². The van der Waals surface area contributed by atoms with Gasteiger partial charge in [-0.25, -0.2) is 0 Å². The molecule has 0 bridgehead atoms. The summed E-state index contributed by atoms with van der Waals surface area (Å²) in [6.07, 6.45) is 0.817. The van der Waals surface area contributed by atoms with Crippen LogP contribution in [0.1, 0.15) is 24.2 Å². The number of thioether (sulfide) groups is 1. The van der Waals surface area contributed by atoms with E-state index in [4.69, 9.17) is 22.8 Å². The summed E-state index contributed by atoms with van der Waals surface area (Å²) in [7, 11) is 5.14. The normalized spacial score (nSPS) is 12.7. The highest BCUT2D eigenvalue weighted by atomic mass is 32.2. The molecule has 1 atom stereocenters. The van der Waals surface area contributed by atoms with Crippen LogP contribution >= 0.6 is 11.8 Å². The largest absolute Gasteiger partial charge is 0.500 e. The van der Waals surface area contributed by atoms with Crippen molar-refractivity contribution < 1.29 is 27.7 Å². The molecule has 0 heterocycles. The van der Waals surface area contributed by atoms with Crippen molar-refractivity contribution in [2.75, 3.05) is 41.3 Å². The van der Waals surface area contributed by atoms with E-state index >= 15 is 0 Å². The second kappa shape index (κ2) is 10.7. The van der Waals surface area contributed by atoms with Crippen molar-refractivity contribution in [2.24, 2.45) is 0 Å². The van der Waals surface area contributed by atoms with Crippen LogP contribution in [0.3, 0.4) is 0 Å². The first kappa shape index (κ1) is 22.7. The summed E-state index contributed by atoms with van der Waals surface area (Å²) < 4.78 is 26.6. The van der Waals surface area contributed by atoms with Crippen LogP contribution in [0.4, 0.5) is 5.69 Å². The van der Waals surface area contributed by atoms with Crippen LogP contribution in [0.15, 0.2) is 12.1 Å². The van der Waals surface area contributed by atoms with Crippen LogP contribution in [0.25, 0.3) is 0 Å². The zero-order valence-corrected chi connectivity index (χ0v) is 17.9. The van der Waals surface area contributed by atoms with Crippen LogP contribution in [0.2, 0.25) is 6.04 Å². The minimum absolute atomic E-state index is 0.0250. The molecule has 0 spiro atoms. The Bertz CT molecular complexity index is 590. The van der Waals surface area contributed by atoms with E-state index in [2.05, 4.69) is 0 Å². The maximum Gasteiger partial charge on any atom is 0.500 e. The molecule has 1 aromatic carbocycles. The SMILES string of the molecule is COc1cc(C(C)SCCC[Si](OC)(OC)OC)c([N+](=O)[O-])cc1OC. The van der Waals surface area contributed by atoms with Crippen LogP contribution in [0, 0.1) is 10.1 Å². The average molecular weight is 406 g/mol. The van der Waals surface area contributed by atoms with Gasteiger partial charge in [0, 0.05) is 38.2 Å². The number of methoxy groups -OCH3 is 2. The lowest BCUT2D eigenvalue weighted by Crippen LogP contribution is -2.42. The molecule has 0 saturated heterocycles. The minimum atomic E-state index is -2.58. The first-order chi connectivity index (χ1) is 12.4. The standard InChI is InChI=1S/C16H27NO7SSi/c1-12(25-8-7-9-26(22-4,23-5)24-6)13-10-15(20-2)16(21-3)11-14(13)17(18)19/h10-12H,7-9H2,1-6H3. The Morgan fingerprint density at radius 3 is 2.08 bits per heavy atom. The van der Waals surface area contributed by atoms with Crippen molar-refractivity contribution in [3.05, 3.63) is 27.8 Å². The molecule has 1 unspecified atom stereocenters. The van der Waals surface area contributed by atoms with Gasteiger partial charge in [0.15, 0.2) is 11.5 Å². The van der Waals surface area contributed by atoms with Gasteiger partial charge in [0.05, 0.1) is 25.2 Å². The molecule has 8 nitrogen and oxygen atoms in total. The minimum Gasteiger partial charge on any atom is -0.493 e. The molecule has 0 saturated carbocycles. The first-order valence-corrected chi connectivity index (χ1v) is 11.0. The molecular formula is C16H27NO7SSi. The second-order valence-electron chi connectivity index (χ2n) is 5.44. The maximum absolute atomic E-state index is 11.4. The van der Waals surface area contributed by atoms with Gasteiger partial charge >= 0.3 is 8.80 Å². The van der Waals surface area contributed by atoms with Crippen molar-refractivity contribution in [1.82, 2.24) is 0 Å². The third-order valence-corrected chi connectivity index (χ3v) is 8.21. The highest BCUT2D eigenvalue weighted by Gasteiger charge is 2.37. The Morgan fingerprint density at radius 1 is 1.08 bits per heavy atom. The topological polar surface area (TPSA) is 89.3 Å². The highest BCUT2D eigenvalue weighted by Crippen LogP contribution is 2.41. The average Bonchev–Trinajstić information content (AvgIpc) is 2.67. The molecule has 0 fully saturated rings. The third-order valence-electron chi connectivity index (χ3n) is 4.10. The number of hydrogen-bond donors (Lipinski definition) is 0. The van der Waals surface area contributed by atoms with Crippen molar-refractivity contribution in [1.29, 1.82) is 0 Å². The van der Waals surface area contributed by atoms with Gasteiger partial charge in [-0.05, 0) is 25.2 Å². The molecule has 0 aliphatic carbocycles. The van der Waals surface area contributed by atoms with E-state index in [0.29, 0.717) is 23.1 Å². The van der Waals surface area contributed by atoms with E-state index in [9.17, 15) is 10.1 Å². The lowest BCUT2D eigenvalue weighted by molar-refractivity contribution is -0.385. The van der Waals surface area contributed by atoms with Crippen LogP contribution in [-0.2, 0) is 13.3 Å². The van der Waals surface area contributed by atoms with Gasteiger partial charge < -0.3 is 22.8 Å². The van der Waals surface area contributed by atoms with Crippen molar-refractivity contribution >= 4 is 26.3 Å². The van der Waals surface area contributed by atoms with Gasteiger partial charge in [-0.15, -0.1) is 0 Å². The number of benzene rings is 1. The lowest BCUT2D eigenvalue weighted by Gasteiger charge is -2.24. The summed E-state index contributed by atoms with van der Waals surface area (Å²) in [6, 6.07) is 3.77. The number of ether oxygens (including phenoxy) is 2. The first-order valence-electron chi connectivity index (χ1n) is 8.05. The molecule has 10 heteroatoms. The van der Waals surface area contributed by atoms with Gasteiger partial charge in [-0.3, -0.25) is 10.1 Å². The number of nitro groups is 1. The van der Waals surface area contributed by atoms with Gasteiger partial charge in [-0.2, -0.15) is 11.8 Å². The van der Waals surface area contributed by atoms with Crippen LogP contribution < -0.4 is 9.47 Å². The molecule has 26 heavy (non-hydrogen) atoms. The number of rotatable bonds is 12. The Labute approximate surface area is 159 Å². The predicted molar refractivity (Wildman–Crippen MR) is 103 cm³/mol. The Morgan fingerprint density at radius 2 is 1.62 bits per heavy atom. The zero-order chi connectivity index (χ0) is 19.7. The van der Waals surface area contributed by atoms with E-state index in [1.807, 2.05) is 6.92 Å². The maximum atomic E-state index is 11.4. The van der Waals surface area contributed by atoms with E-state index < -0.39 is 13.7 Å². The van der Waals surface area contributed by atoms with Crippen LogP contribution in [0.5, 0.6) is 11.5 Å². The number of nitro benzene ring substituents is 1. The zero-order valence-electron chi connectivity index (χ0n) is 16.1. The van der Waals surface area contributed by atoms with Crippen LogP contribution in [-0.4, -0.2) is 55.0 Å². The van der Waals surface area contributed by atoms with E-state index in [0.717, 1.165) is 12.2 Å². The van der Waals surface area contributed by atoms with E-state index in [-0.39, 0.29) is 10.9 Å². The number of nitrogens with zero attached hydrogens (tertiary/aromatic N) is 1. The fourth-order valence-corrected chi connectivity index (χ4v) is 5.57. The predicted octanol–water partition coefficient (Wildman–Crippen LogP) is 3.67. The Hall–Kier alpha value is -1.33. The van der Waals surface area contributed by atoms with Crippen molar-refractivity contribution in [2.45, 2.75) is 24.6 Å². The summed E-state index contributed by atoms with van der Waals surface area (Å²) in [5.74, 6) is 1.61. The van der Waals surface area contributed by atoms with Gasteiger partial charge in [0.1, 0.15) is 0 Å². The number of hydrogen-bond acceptors (Lipinski definition) is 8. The van der Waals surface area contributed by atoms with Crippen molar-refractivity contribution in [3.63, 3.8) is 0 Å². The second-order valence-corrected chi connectivity index (χ2v) is 9.97. The molecule has 148 valence electrons. The molecule has 1 aromatic rings. The molecule has 0 amide bonds. The molecule has 0 N–H and O–H groups in total. The fraction of sp³-hybridized carbons (Fsp3) is 0.625. The Kier molecular flexibility index (Phi) is 9.37. The molecule has 0 radical (unpaired) electrons. The molecular weight excluding hydrogens is 378 g/mol.